The molecule has 22 heavy (non-hydrogen) atoms. The van der Waals surface area contributed by atoms with E-state index in [2.05, 4.69) is 52.8 Å². The van der Waals surface area contributed by atoms with Crippen LogP contribution < -0.4 is 0 Å². The highest BCUT2D eigenvalue weighted by Crippen LogP contribution is 2.37. The van der Waals surface area contributed by atoms with Crippen LogP contribution in [-0.2, 0) is 13.2 Å². The summed E-state index contributed by atoms with van der Waals surface area (Å²) < 4.78 is 1.98. The molecule has 0 aliphatic heterocycles. The van der Waals surface area contributed by atoms with Crippen molar-refractivity contribution in [3.05, 3.63) is 59.4 Å². The fourth-order valence-corrected chi connectivity index (χ4v) is 3.31. The number of aromatic nitrogens is 3. The van der Waals surface area contributed by atoms with Crippen LogP contribution >= 0.6 is 0 Å². The molecule has 4 nitrogen and oxygen atoms in total. The first kappa shape index (κ1) is 13.5. The van der Waals surface area contributed by atoms with E-state index in [1.54, 1.807) is 0 Å². The quantitative estimate of drug-likeness (QED) is 0.803. The molecule has 1 fully saturated rings. The molecule has 0 spiro atoms. The van der Waals surface area contributed by atoms with Gasteiger partial charge in [-0.1, -0.05) is 54.1 Å². The Hall–Kier alpha value is -2.20. The molecule has 2 aromatic carbocycles. The Balaban J connectivity index is 1.75. The van der Waals surface area contributed by atoms with E-state index < -0.39 is 0 Å². The van der Waals surface area contributed by atoms with Gasteiger partial charge in [0, 0.05) is 5.92 Å². The molecule has 4 rings (SSSR count). The van der Waals surface area contributed by atoms with Crippen LogP contribution in [0.5, 0.6) is 0 Å². The molecule has 4 heteroatoms. The van der Waals surface area contributed by atoms with Gasteiger partial charge in [0.2, 0.25) is 0 Å². The summed E-state index contributed by atoms with van der Waals surface area (Å²) in [5.74, 6) is 0.507. The molecule has 1 aliphatic rings. The Morgan fingerprint density at radius 1 is 1.09 bits per heavy atom. The summed E-state index contributed by atoms with van der Waals surface area (Å²) in [5.41, 5.74) is 3.11. The van der Waals surface area contributed by atoms with Crippen molar-refractivity contribution in [2.45, 2.75) is 38.3 Å². The minimum absolute atomic E-state index is 0.0264. The van der Waals surface area contributed by atoms with Crippen molar-refractivity contribution >= 4 is 10.8 Å². The Morgan fingerprint density at radius 3 is 2.68 bits per heavy atom. The van der Waals surface area contributed by atoms with E-state index in [1.165, 1.54) is 35.6 Å². The number of rotatable bonds is 4. The third-order valence-electron chi connectivity index (χ3n) is 4.69. The number of nitrogens with zero attached hydrogens (tertiary/aromatic N) is 3. The van der Waals surface area contributed by atoms with Gasteiger partial charge in [-0.2, -0.15) is 0 Å². The van der Waals surface area contributed by atoms with Crippen LogP contribution in [0.1, 0.15) is 42.1 Å². The number of hydrogen-bond acceptors (Lipinski definition) is 3. The molecule has 1 aliphatic carbocycles. The third-order valence-corrected chi connectivity index (χ3v) is 4.69. The Morgan fingerprint density at radius 2 is 1.91 bits per heavy atom. The molecule has 0 amide bonds. The zero-order chi connectivity index (χ0) is 14.9. The molecular weight excluding hydrogens is 274 g/mol. The lowest BCUT2D eigenvalue weighted by Crippen LogP contribution is -2.17. The number of aliphatic hydroxyl groups is 1. The van der Waals surface area contributed by atoms with Gasteiger partial charge in [0.15, 0.2) is 0 Å². The zero-order valence-electron chi connectivity index (χ0n) is 12.4. The summed E-state index contributed by atoms with van der Waals surface area (Å²) in [6.45, 7) is 0.682. The number of hydrogen-bond donors (Lipinski definition) is 1. The van der Waals surface area contributed by atoms with Gasteiger partial charge in [-0.05, 0) is 29.2 Å². The lowest BCUT2D eigenvalue weighted by atomic mass is 9.82. The van der Waals surface area contributed by atoms with Crippen molar-refractivity contribution in [3.8, 4) is 0 Å². The van der Waals surface area contributed by atoms with Crippen LogP contribution in [0.4, 0.5) is 0 Å². The van der Waals surface area contributed by atoms with E-state index in [4.69, 9.17) is 0 Å². The summed E-state index contributed by atoms with van der Waals surface area (Å²) in [7, 11) is 0. The summed E-state index contributed by atoms with van der Waals surface area (Å²) in [4.78, 5) is 0. The van der Waals surface area contributed by atoms with Crippen molar-refractivity contribution in [1.82, 2.24) is 15.0 Å². The predicted octanol–water partition coefficient (Wildman–Crippen LogP) is 3.24. The summed E-state index contributed by atoms with van der Waals surface area (Å²) in [6, 6.07) is 14.8. The topological polar surface area (TPSA) is 50.9 Å². The Labute approximate surface area is 129 Å². The van der Waals surface area contributed by atoms with E-state index >= 15 is 0 Å². The predicted molar refractivity (Wildman–Crippen MR) is 85.6 cm³/mol. The molecule has 0 radical (unpaired) electrons. The van der Waals surface area contributed by atoms with Crippen LogP contribution in [0.15, 0.2) is 42.5 Å². The van der Waals surface area contributed by atoms with Gasteiger partial charge in [-0.25, -0.2) is 4.68 Å². The van der Waals surface area contributed by atoms with Crippen molar-refractivity contribution in [2.24, 2.45) is 0 Å². The van der Waals surface area contributed by atoms with Crippen molar-refractivity contribution in [1.29, 1.82) is 0 Å². The molecule has 0 atom stereocenters. The largest absolute Gasteiger partial charge is 0.390 e. The van der Waals surface area contributed by atoms with E-state index in [0.717, 1.165) is 11.4 Å². The number of fused-ring (bicyclic) bond motifs is 1. The highest BCUT2D eigenvalue weighted by molar-refractivity contribution is 5.85. The zero-order valence-corrected chi connectivity index (χ0v) is 12.4. The van der Waals surface area contributed by atoms with E-state index in [0.29, 0.717) is 12.5 Å². The molecule has 1 saturated carbocycles. The Bertz CT molecular complexity index is 800. The van der Waals surface area contributed by atoms with Crippen LogP contribution in [0.25, 0.3) is 10.8 Å². The normalized spacial score (nSPS) is 15.1. The fraction of sp³-hybridized carbons (Fsp3) is 0.333. The maximum Gasteiger partial charge on any atom is 0.112 e. The van der Waals surface area contributed by atoms with Crippen LogP contribution in [0.2, 0.25) is 0 Å². The van der Waals surface area contributed by atoms with Crippen molar-refractivity contribution in [3.63, 3.8) is 0 Å². The van der Waals surface area contributed by atoms with Crippen LogP contribution in [-0.4, -0.2) is 20.1 Å². The highest BCUT2D eigenvalue weighted by atomic mass is 16.3. The second kappa shape index (κ2) is 5.54. The lowest BCUT2D eigenvalue weighted by Gasteiger charge is -2.26. The molecule has 1 heterocycles. The van der Waals surface area contributed by atoms with Crippen molar-refractivity contribution < 1.29 is 5.11 Å². The monoisotopic (exact) mass is 293 g/mol. The first-order chi connectivity index (χ1) is 10.9. The second-order valence-electron chi connectivity index (χ2n) is 6.00. The number of aliphatic hydroxyl groups excluding tert-OH is 1. The Kier molecular flexibility index (Phi) is 3.39. The van der Waals surface area contributed by atoms with Gasteiger partial charge in [0.1, 0.15) is 5.69 Å². The van der Waals surface area contributed by atoms with Gasteiger partial charge < -0.3 is 5.11 Å². The fourth-order valence-electron chi connectivity index (χ4n) is 3.31. The summed E-state index contributed by atoms with van der Waals surface area (Å²) in [6.07, 6.45) is 3.61. The SMILES string of the molecule is OCc1nnn(Cc2cccc3ccccc23)c1C1CCC1. The van der Waals surface area contributed by atoms with Gasteiger partial charge in [0.25, 0.3) is 0 Å². The molecule has 0 unspecified atom stereocenters. The highest BCUT2D eigenvalue weighted by Gasteiger charge is 2.27. The van der Waals surface area contributed by atoms with E-state index in [1.807, 2.05) is 4.68 Å². The van der Waals surface area contributed by atoms with Crippen LogP contribution in [0, 0.1) is 0 Å². The average molecular weight is 293 g/mol. The standard InChI is InChI=1S/C18H19N3O/c22-12-17-18(14-7-4-8-14)21(20-19-17)11-15-9-3-6-13-5-1-2-10-16(13)15/h1-3,5-6,9-10,14,22H,4,7-8,11-12H2. The third kappa shape index (κ3) is 2.20. The van der Waals surface area contributed by atoms with E-state index in [9.17, 15) is 5.11 Å². The minimum Gasteiger partial charge on any atom is -0.390 e. The van der Waals surface area contributed by atoms with Gasteiger partial charge >= 0.3 is 0 Å². The lowest BCUT2D eigenvalue weighted by molar-refractivity contribution is 0.271. The van der Waals surface area contributed by atoms with Crippen molar-refractivity contribution in [2.75, 3.05) is 0 Å². The van der Waals surface area contributed by atoms with Crippen LogP contribution in [0.3, 0.4) is 0 Å². The maximum absolute atomic E-state index is 9.52. The maximum atomic E-state index is 9.52. The average Bonchev–Trinajstić information content (AvgIpc) is 2.89. The summed E-state index contributed by atoms with van der Waals surface area (Å²) >= 11 is 0. The molecular formula is C18H19N3O. The minimum atomic E-state index is -0.0264. The molecule has 1 aromatic heterocycles. The smallest absolute Gasteiger partial charge is 0.112 e. The molecule has 112 valence electrons. The second-order valence-corrected chi connectivity index (χ2v) is 6.00. The van der Waals surface area contributed by atoms with Gasteiger partial charge in [0.05, 0.1) is 18.8 Å². The van der Waals surface area contributed by atoms with Gasteiger partial charge in [-0.15, -0.1) is 5.10 Å². The first-order valence-corrected chi connectivity index (χ1v) is 7.86. The molecule has 1 N–H and O–H groups in total. The first-order valence-electron chi connectivity index (χ1n) is 7.86. The van der Waals surface area contributed by atoms with Gasteiger partial charge in [-0.3, -0.25) is 0 Å². The molecule has 3 aromatic rings. The molecule has 0 bridgehead atoms. The van der Waals surface area contributed by atoms with E-state index in [-0.39, 0.29) is 6.61 Å². The summed E-state index contributed by atoms with van der Waals surface area (Å²) in [5, 5.41) is 20.5. The molecule has 0 saturated heterocycles. The number of benzene rings is 2.